The largest absolute Gasteiger partial charge is 0.383 e. The van der Waals surface area contributed by atoms with Crippen LogP contribution in [0.1, 0.15) is 25.1 Å². The van der Waals surface area contributed by atoms with Crippen LogP contribution in [0.5, 0.6) is 0 Å². The van der Waals surface area contributed by atoms with Crippen LogP contribution in [0.2, 0.25) is 0 Å². The third-order valence-corrected chi connectivity index (χ3v) is 3.20. The van der Waals surface area contributed by atoms with Crippen LogP contribution in [0.25, 0.3) is 16.9 Å². The highest BCUT2D eigenvalue weighted by Crippen LogP contribution is 2.26. The second-order valence-electron chi connectivity index (χ2n) is 5.48. The van der Waals surface area contributed by atoms with E-state index in [1.807, 2.05) is 19.1 Å². The molecule has 0 fully saturated rings. The summed E-state index contributed by atoms with van der Waals surface area (Å²) < 4.78 is 1.76. The number of rotatable bonds is 3. The van der Waals surface area contributed by atoms with Gasteiger partial charge in [0.05, 0.1) is 11.1 Å². The number of aromatic nitrogens is 5. The lowest BCUT2D eigenvalue weighted by atomic mass is 10.1. The van der Waals surface area contributed by atoms with E-state index >= 15 is 0 Å². The Bertz CT molecular complexity index is 752. The molecule has 6 heteroatoms. The fourth-order valence-electron chi connectivity index (χ4n) is 2.33. The maximum Gasteiger partial charge on any atom is 0.188 e. The van der Waals surface area contributed by atoms with Gasteiger partial charge in [-0.25, -0.2) is 4.98 Å². The Kier molecular flexibility index (Phi) is 2.93. The van der Waals surface area contributed by atoms with Crippen LogP contribution in [0.4, 0.5) is 5.82 Å². The highest BCUT2D eigenvalue weighted by Gasteiger charge is 2.18. The molecule has 0 aliphatic carbocycles. The van der Waals surface area contributed by atoms with E-state index in [9.17, 15) is 0 Å². The number of fused-ring (bicyclic) bond motifs is 1. The molecule has 0 unspecified atom stereocenters. The van der Waals surface area contributed by atoms with Crippen LogP contribution in [0.15, 0.2) is 18.3 Å². The molecule has 0 spiro atoms. The number of aromatic amines is 1. The fourth-order valence-corrected chi connectivity index (χ4v) is 2.33. The van der Waals surface area contributed by atoms with Crippen molar-refractivity contribution in [2.45, 2.75) is 27.2 Å². The molecule has 3 aromatic heterocycles. The van der Waals surface area contributed by atoms with Gasteiger partial charge in [0.1, 0.15) is 5.82 Å². The number of pyridine rings is 1. The fraction of sp³-hybridized carbons (Fsp3) is 0.357. The van der Waals surface area contributed by atoms with Gasteiger partial charge in [0.2, 0.25) is 0 Å². The van der Waals surface area contributed by atoms with Crippen LogP contribution in [0.3, 0.4) is 0 Å². The highest BCUT2D eigenvalue weighted by atomic mass is 15.4. The number of nitrogens with two attached hydrogens (primary N) is 1. The first kappa shape index (κ1) is 12.7. The van der Waals surface area contributed by atoms with Crippen molar-refractivity contribution in [1.29, 1.82) is 0 Å². The summed E-state index contributed by atoms with van der Waals surface area (Å²) in [6, 6.07) is 3.94. The van der Waals surface area contributed by atoms with Crippen molar-refractivity contribution in [1.82, 2.24) is 25.0 Å². The second-order valence-corrected chi connectivity index (χ2v) is 5.48. The number of nitrogen functional groups attached to an aromatic ring is 1. The number of H-pyrrole nitrogens is 1. The summed E-state index contributed by atoms with van der Waals surface area (Å²) in [7, 11) is 0. The molecule has 104 valence electrons. The van der Waals surface area contributed by atoms with Crippen LogP contribution in [-0.2, 0) is 6.42 Å². The summed E-state index contributed by atoms with van der Waals surface area (Å²) in [5, 5.41) is 12.7. The normalized spacial score (nSPS) is 11.6. The summed E-state index contributed by atoms with van der Waals surface area (Å²) in [5.74, 6) is 1.83. The summed E-state index contributed by atoms with van der Waals surface area (Å²) in [6.07, 6.45) is 2.63. The Labute approximate surface area is 117 Å². The smallest absolute Gasteiger partial charge is 0.188 e. The molecular formula is C14H18N6. The molecule has 0 aliphatic rings. The molecule has 0 atom stereocenters. The average Bonchev–Trinajstić information content (AvgIpc) is 2.91. The molecular weight excluding hydrogens is 252 g/mol. The van der Waals surface area contributed by atoms with E-state index < -0.39 is 0 Å². The number of hydrogen-bond donors (Lipinski definition) is 2. The van der Waals surface area contributed by atoms with Gasteiger partial charge in [-0.1, -0.05) is 13.8 Å². The molecule has 0 saturated heterocycles. The van der Waals surface area contributed by atoms with Crippen molar-refractivity contribution >= 4 is 16.9 Å². The lowest BCUT2D eigenvalue weighted by Gasteiger charge is -2.03. The topological polar surface area (TPSA) is 85.4 Å². The Morgan fingerprint density at radius 3 is 2.90 bits per heavy atom. The summed E-state index contributed by atoms with van der Waals surface area (Å²) in [6.45, 7) is 6.35. The zero-order chi connectivity index (χ0) is 14.3. The third kappa shape index (κ3) is 2.03. The second kappa shape index (κ2) is 4.63. The molecule has 3 aromatic rings. The van der Waals surface area contributed by atoms with Gasteiger partial charge in [0.15, 0.2) is 11.5 Å². The average molecular weight is 270 g/mol. The van der Waals surface area contributed by atoms with Crippen molar-refractivity contribution in [2.24, 2.45) is 5.92 Å². The van der Waals surface area contributed by atoms with Gasteiger partial charge in [-0.15, -0.1) is 0 Å². The Morgan fingerprint density at radius 2 is 2.20 bits per heavy atom. The lowest BCUT2D eigenvalue weighted by Crippen LogP contribution is -2.03. The number of nitrogens with zero attached hydrogens (tertiary/aromatic N) is 4. The van der Waals surface area contributed by atoms with Crippen molar-refractivity contribution in [3.05, 3.63) is 29.6 Å². The SMILES string of the molecule is Cc1ccnc(-n2nc(CC(C)C)c3c(N)[nH]nc32)c1. The number of aryl methyl sites for hydroxylation is 1. The Hall–Kier alpha value is -2.37. The molecule has 0 amide bonds. The summed E-state index contributed by atoms with van der Waals surface area (Å²) in [4.78, 5) is 4.37. The van der Waals surface area contributed by atoms with Gasteiger partial charge >= 0.3 is 0 Å². The summed E-state index contributed by atoms with van der Waals surface area (Å²) >= 11 is 0. The predicted octanol–water partition coefficient (Wildman–Crippen LogP) is 2.23. The van der Waals surface area contributed by atoms with Crippen LogP contribution in [0, 0.1) is 12.8 Å². The quantitative estimate of drug-likeness (QED) is 0.764. The summed E-state index contributed by atoms with van der Waals surface area (Å²) in [5.41, 5.74) is 8.81. The monoisotopic (exact) mass is 270 g/mol. The maximum absolute atomic E-state index is 5.98. The zero-order valence-electron chi connectivity index (χ0n) is 11.9. The zero-order valence-corrected chi connectivity index (χ0v) is 11.9. The molecule has 0 saturated carbocycles. The van der Waals surface area contributed by atoms with E-state index in [-0.39, 0.29) is 0 Å². The highest BCUT2D eigenvalue weighted by molar-refractivity contribution is 5.89. The van der Waals surface area contributed by atoms with Gasteiger partial charge in [-0.05, 0) is 37.0 Å². The molecule has 3 N–H and O–H groups in total. The first-order valence-corrected chi connectivity index (χ1v) is 6.70. The minimum absolute atomic E-state index is 0.501. The van der Waals surface area contributed by atoms with Gasteiger partial charge in [-0.2, -0.15) is 14.9 Å². The van der Waals surface area contributed by atoms with E-state index in [2.05, 4.69) is 34.1 Å². The van der Waals surface area contributed by atoms with Crippen molar-refractivity contribution in [2.75, 3.05) is 5.73 Å². The minimum Gasteiger partial charge on any atom is -0.383 e. The van der Waals surface area contributed by atoms with Crippen LogP contribution >= 0.6 is 0 Å². The molecule has 6 nitrogen and oxygen atoms in total. The van der Waals surface area contributed by atoms with E-state index in [1.165, 1.54) is 0 Å². The molecule has 3 rings (SSSR count). The van der Waals surface area contributed by atoms with Crippen LogP contribution in [-0.4, -0.2) is 25.0 Å². The van der Waals surface area contributed by atoms with E-state index in [0.717, 1.165) is 34.5 Å². The minimum atomic E-state index is 0.501. The lowest BCUT2D eigenvalue weighted by molar-refractivity contribution is 0.629. The molecule has 20 heavy (non-hydrogen) atoms. The Morgan fingerprint density at radius 1 is 1.40 bits per heavy atom. The molecule has 0 radical (unpaired) electrons. The van der Waals surface area contributed by atoms with Gasteiger partial charge < -0.3 is 5.73 Å². The van der Waals surface area contributed by atoms with Crippen LogP contribution < -0.4 is 5.73 Å². The predicted molar refractivity (Wildman–Crippen MR) is 78.7 cm³/mol. The first-order valence-electron chi connectivity index (χ1n) is 6.70. The van der Waals surface area contributed by atoms with Gasteiger partial charge in [-0.3, -0.25) is 5.10 Å². The molecule has 0 bridgehead atoms. The van der Waals surface area contributed by atoms with Crippen molar-refractivity contribution in [3.8, 4) is 5.82 Å². The van der Waals surface area contributed by atoms with Crippen molar-refractivity contribution in [3.63, 3.8) is 0 Å². The van der Waals surface area contributed by atoms with Gasteiger partial charge in [0.25, 0.3) is 0 Å². The molecule has 0 aliphatic heterocycles. The molecule has 3 heterocycles. The van der Waals surface area contributed by atoms with Crippen molar-refractivity contribution < 1.29 is 0 Å². The van der Waals surface area contributed by atoms with E-state index in [0.29, 0.717) is 11.7 Å². The first-order chi connectivity index (χ1) is 9.56. The number of anilines is 1. The number of nitrogens with one attached hydrogen (secondary N) is 1. The molecule has 0 aromatic carbocycles. The standard InChI is InChI=1S/C14H18N6/c1-8(2)6-10-12-13(15)17-18-14(12)20(19-10)11-7-9(3)4-5-16-11/h4-5,7-8H,6H2,1-3H3,(H3,15,17,18). The maximum atomic E-state index is 5.98. The van der Waals surface area contributed by atoms with E-state index in [1.54, 1.807) is 10.9 Å². The Balaban J connectivity index is 2.21. The third-order valence-electron chi connectivity index (χ3n) is 3.20. The van der Waals surface area contributed by atoms with Gasteiger partial charge in [0, 0.05) is 6.20 Å². The number of hydrogen-bond acceptors (Lipinski definition) is 4. The van der Waals surface area contributed by atoms with E-state index in [4.69, 9.17) is 5.73 Å².